The van der Waals surface area contributed by atoms with Crippen LogP contribution in [0.15, 0.2) is 36.4 Å². The number of unbranched alkanes of at least 4 members (excludes halogenated alkanes) is 10. The molecule has 0 fully saturated rings. The Morgan fingerprint density at radius 2 is 0.905 bits per heavy atom. The summed E-state index contributed by atoms with van der Waals surface area (Å²) in [5.41, 5.74) is 2.10. The van der Waals surface area contributed by atoms with Crippen LogP contribution in [-0.4, -0.2) is 38.4 Å². The number of rotatable bonds is 20. The average molecular weight is 579 g/mol. The minimum absolute atomic E-state index is 0.174. The number of hydrogen-bond acceptors (Lipinski definition) is 6. The maximum absolute atomic E-state index is 12.6. The lowest BCUT2D eigenvalue weighted by atomic mass is 9.98. The Balaban J connectivity index is 1.70. The second-order valence-corrected chi connectivity index (χ2v) is 11.3. The summed E-state index contributed by atoms with van der Waals surface area (Å²) in [7, 11) is 0. The Bertz CT molecular complexity index is 1220. The molecule has 0 spiro atoms. The van der Waals surface area contributed by atoms with Gasteiger partial charge in [0.25, 0.3) is 0 Å². The van der Waals surface area contributed by atoms with E-state index < -0.39 is 0 Å². The minimum Gasteiger partial charge on any atom is -0.481 e. The maximum Gasteiger partial charge on any atom is 0.344 e. The van der Waals surface area contributed by atoms with E-state index >= 15 is 0 Å². The predicted molar refractivity (Wildman–Crippen MR) is 171 cm³/mol. The molecule has 6 heteroatoms. The van der Waals surface area contributed by atoms with E-state index in [1.54, 1.807) is 0 Å². The zero-order valence-electron chi connectivity index (χ0n) is 26.2. The molecule has 0 unspecified atom stereocenters. The molecule has 0 aliphatic rings. The minimum atomic E-state index is -0.377. The molecule has 230 valence electrons. The van der Waals surface area contributed by atoms with Crippen molar-refractivity contribution in [3.8, 4) is 11.5 Å². The molecule has 0 saturated carbocycles. The molecule has 3 rings (SSSR count). The van der Waals surface area contributed by atoms with Gasteiger partial charge in [-0.3, -0.25) is 0 Å². The fourth-order valence-corrected chi connectivity index (χ4v) is 5.17. The molecule has 0 aliphatic carbocycles. The van der Waals surface area contributed by atoms with Gasteiger partial charge in [0.2, 0.25) is 0 Å². The zero-order valence-corrected chi connectivity index (χ0v) is 26.2. The third-order valence-corrected chi connectivity index (χ3v) is 7.52. The first-order chi connectivity index (χ1) is 20.4. The number of aryl methyl sites for hydroxylation is 2. The molecular formula is C36H50O6. The van der Waals surface area contributed by atoms with Crippen molar-refractivity contribution in [1.82, 2.24) is 0 Å². The topological polar surface area (TPSA) is 71.1 Å². The Labute approximate surface area is 252 Å². The lowest BCUT2D eigenvalue weighted by Gasteiger charge is -2.18. The molecule has 0 aliphatic heterocycles. The van der Waals surface area contributed by atoms with Gasteiger partial charge in [-0.05, 0) is 38.8 Å². The number of hydrogen-bond donors (Lipinski definition) is 0. The molecule has 0 amide bonds. The van der Waals surface area contributed by atoms with Gasteiger partial charge in [-0.25, -0.2) is 9.59 Å². The molecule has 42 heavy (non-hydrogen) atoms. The first-order valence-corrected chi connectivity index (χ1v) is 16.0. The van der Waals surface area contributed by atoms with Crippen LogP contribution in [0, 0.1) is 13.8 Å². The zero-order chi connectivity index (χ0) is 30.2. The summed E-state index contributed by atoms with van der Waals surface area (Å²) in [6.07, 6.45) is 13.6. The molecule has 0 radical (unpaired) electrons. The summed E-state index contributed by atoms with van der Waals surface area (Å²) >= 11 is 0. The summed E-state index contributed by atoms with van der Waals surface area (Å²) in [6.45, 7) is 8.90. The van der Waals surface area contributed by atoms with Crippen molar-refractivity contribution >= 4 is 33.5 Å². The third-order valence-electron chi connectivity index (χ3n) is 7.52. The van der Waals surface area contributed by atoms with E-state index in [4.69, 9.17) is 18.9 Å². The van der Waals surface area contributed by atoms with E-state index in [2.05, 4.69) is 13.8 Å². The van der Waals surface area contributed by atoms with E-state index in [1.807, 2.05) is 50.2 Å². The highest BCUT2D eigenvalue weighted by Crippen LogP contribution is 2.43. The Hall–Kier alpha value is -3.28. The highest BCUT2D eigenvalue weighted by Gasteiger charge is 2.19. The monoisotopic (exact) mass is 578 g/mol. The summed E-state index contributed by atoms with van der Waals surface area (Å²) in [4.78, 5) is 25.1. The van der Waals surface area contributed by atoms with Gasteiger partial charge >= 0.3 is 11.9 Å². The van der Waals surface area contributed by atoms with Gasteiger partial charge in [0.05, 0.1) is 13.2 Å². The van der Waals surface area contributed by atoms with Gasteiger partial charge in [-0.15, -0.1) is 0 Å². The maximum atomic E-state index is 12.6. The molecule has 0 N–H and O–H groups in total. The predicted octanol–water partition coefficient (Wildman–Crippen LogP) is 9.17. The first kappa shape index (κ1) is 33.2. The van der Waals surface area contributed by atoms with Gasteiger partial charge in [0.1, 0.15) is 11.5 Å². The van der Waals surface area contributed by atoms with Crippen molar-refractivity contribution in [1.29, 1.82) is 0 Å². The first-order valence-electron chi connectivity index (χ1n) is 16.0. The van der Waals surface area contributed by atoms with Gasteiger partial charge in [0.15, 0.2) is 13.2 Å². The molecule has 3 aromatic carbocycles. The number of carbonyl (C=O) groups excluding carboxylic acids is 2. The normalized spacial score (nSPS) is 11.1. The summed E-state index contributed by atoms with van der Waals surface area (Å²) in [6, 6.07) is 12.0. The van der Waals surface area contributed by atoms with Gasteiger partial charge in [-0.2, -0.15) is 0 Å². The van der Waals surface area contributed by atoms with Crippen LogP contribution < -0.4 is 9.47 Å². The molecule has 0 saturated heterocycles. The highest BCUT2D eigenvalue weighted by molar-refractivity contribution is 6.11. The van der Waals surface area contributed by atoms with E-state index in [0.717, 1.165) is 58.4 Å². The van der Waals surface area contributed by atoms with Gasteiger partial charge < -0.3 is 18.9 Å². The van der Waals surface area contributed by atoms with Crippen molar-refractivity contribution in [3.05, 3.63) is 47.5 Å². The van der Waals surface area contributed by atoms with Crippen LogP contribution in [0.3, 0.4) is 0 Å². The van der Waals surface area contributed by atoms with Crippen molar-refractivity contribution < 1.29 is 28.5 Å². The van der Waals surface area contributed by atoms with Gasteiger partial charge in [0, 0.05) is 21.5 Å². The van der Waals surface area contributed by atoms with E-state index in [0.29, 0.717) is 24.7 Å². The fourth-order valence-electron chi connectivity index (χ4n) is 5.17. The standard InChI is InChI=1S/C36H50O6/c1-5-7-9-11-13-15-21-39-33(37)25-41-35-29-19-17-27(3)23-31(29)36(32-24-28(4)18-20-30(32)35)42-26-34(38)40-22-16-14-12-10-8-6-2/h17-20,23-24H,5-16,21-22,25-26H2,1-4H3. The molecule has 3 aromatic rings. The molecular weight excluding hydrogens is 528 g/mol. The van der Waals surface area contributed by atoms with Crippen LogP contribution in [0.4, 0.5) is 0 Å². The van der Waals surface area contributed by atoms with Crippen LogP contribution in [0.1, 0.15) is 102 Å². The second kappa shape index (κ2) is 18.3. The largest absolute Gasteiger partial charge is 0.481 e. The number of carbonyl (C=O) groups is 2. The van der Waals surface area contributed by atoms with Crippen LogP contribution in [0.5, 0.6) is 11.5 Å². The van der Waals surface area contributed by atoms with E-state index in [1.165, 1.54) is 51.4 Å². The number of esters is 2. The smallest absolute Gasteiger partial charge is 0.344 e. The second-order valence-electron chi connectivity index (χ2n) is 11.3. The molecule has 6 nitrogen and oxygen atoms in total. The number of benzene rings is 3. The number of ether oxygens (including phenoxy) is 4. The lowest BCUT2D eigenvalue weighted by Crippen LogP contribution is -2.17. The Morgan fingerprint density at radius 1 is 0.524 bits per heavy atom. The highest BCUT2D eigenvalue weighted by atomic mass is 16.6. The quantitative estimate of drug-likeness (QED) is 0.0756. The SMILES string of the molecule is CCCCCCCCOC(=O)COc1c2ccc(C)cc2c(OCC(=O)OCCCCCCCC)c2cc(C)ccc12. The summed E-state index contributed by atoms with van der Waals surface area (Å²) in [5.74, 6) is 0.465. The van der Waals surface area contributed by atoms with Crippen LogP contribution in [0.25, 0.3) is 21.5 Å². The van der Waals surface area contributed by atoms with Gasteiger partial charge in [-0.1, -0.05) is 113 Å². The number of fused-ring (bicyclic) bond motifs is 2. The van der Waals surface area contributed by atoms with Crippen molar-refractivity contribution in [3.63, 3.8) is 0 Å². The Kier molecular flexibility index (Phi) is 14.5. The van der Waals surface area contributed by atoms with Crippen LogP contribution in [0.2, 0.25) is 0 Å². The molecule has 0 bridgehead atoms. The average Bonchev–Trinajstić information content (AvgIpc) is 2.97. The van der Waals surface area contributed by atoms with E-state index in [9.17, 15) is 9.59 Å². The lowest BCUT2D eigenvalue weighted by molar-refractivity contribution is -0.147. The van der Waals surface area contributed by atoms with Crippen LogP contribution in [-0.2, 0) is 19.1 Å². The third kappa shape index (κ3) is 10.5. The Morgan fingerprint density at radius 3 is 1.33 bits per heavy atom. The summed E-state index contributed by atoms with van der Waals surface area (Å²) in [5, 5.41) is 3.28. The molecule has 0 atom stereocenters. The molecule has 0 heterocycles. The van der Waals surface area contributed by atoms with Crippen molar-refractivity contribution in [2.45, 2.75) is 105 Å². The summed E-state index contributed by atoms with van der Waals surface area (Å²) < 4.78 is 23.2. The van der Waals surface area contributed by atoms with Crippen molar-refractivity contribution in [2.75, 3.05) is 26.4 Å². The van der Waals surface area contributed by atoms with Crippen molar-refractivity contribution in [2.24, 2.45) is 0 Å². The molecule has 0 aromatic heterocycles. The van der Waals surface area contributed by atoms with Crippen LogP contribution >= 0.6 is 0 Å². The van der Waals surface area contributed by atoms with E-state index in [-0.39, 0.29) is 25.2 Å². The fraction of sp³-hybridized carbons (Fsp3) is 0.556.